The second-order valence-electron chi connectivity index (χ2n) is 5.90. The van der Waals surface area contributed by atoms with Gasteiger partial charge in [-0.15, -0.1) is 0 Å². The summed E-state index contributed by atoms with van der Waals surface area (Å²) in [4.78, 5) is 14.2. The molecule has 0 aliphatic carbocycles. The van der Waals surface area contributed by atoms with Gasteiger partial charge in [0.15, 0.2) is 0 Å². The van der Waals surface area contributed by atoms with Crippen LogP contribution in [0.2, 0.25) is 0 Å². The smallest absolute Gasteiger partial charge is 0.238 e. The molecular formula is C17H23N3O4S. The third kappa shape index (κ3) is 5.70. The molecule has 2 aromatic rings. The molecule has 0 fully saturated rings. The second kappa shape index (κ2) is 8.28. The molecule has 2 rings (SSSR count). The Bertz CT molecular complexity index is 786. The lowest BCUT2D eigenvalue weighted by atomic mass is 10.1. The standard InChI is InChI=1S/C17H23N3O4S/c1-13(20(2)12-15-4-3-11-24-15)17(21)19-10-9-14-5-7-16(8-6-14)25(18,22)23/h3-8,11,13H,9-10,12H2,1-2H3,(H,19,21)(H2,18,22,23). The number of primary sulfonamides is 1. The number of nitrogens with one attached hydrogen (secondary N) is 1. The average Bonchev–Trinajstić information content (AvgIpc) is 3.06. The van der Waals surface area contributed by atoms with Gasteiger partial charge in [-0.2, -0.15) is 0 Å². The van der Waals surface area contributed by atoms with Gasteiger partial charge in [-0.3, -0.25) is 9.69 Å². The summed E-state index contributed by atoms with van der Waals surface area (Å²) in [6.07, 6.45) is 2.21. The number of hydrogen-bond donors (Lipinski definition) is 2. The van der Waals surface area contributed by atoms with Crippen LogP contribution in [0, 0.1) is 0 Å². The van der Waals surface area contributed by atoms with Gasteiger partial charge in [0.25, 0.3) is 0 Å². The highest BCUT2D eigenvalue weighted by Gasteiger charge is 2.18. The molecular weight excluding hydrogens is 342 g/mol. The molecule has 0 saturated heterocycles. The zero-order valence-corrected chi connectivity index (χ0v) is 15.1. The zero-order chi connectivity index (χ0) is 18.4. The molecule has 1 aromatic heterocycles. The van der Waals surface area contributed by atoms with Gasteiger partial charge in [0.2, 0.25) is 15.9 Å². The number of nitrogens with zero attached hydrogens (tertiary/aromatic N) is 1. The minimum absolute atomic E-state index is 0.0739. The van der Waals surface area contributed by atoms with Crippen LogP contribution in [-0.2, 0) is 27.8 Å². The number of rotatable bonds is 8. The van der Waals surface area contributed by atoms with E-state index < -0.39 is 10.0 Å². The number of hydrogen-bond acceptors (Lipinski definition) is 5. The first-order chi connectivity index (χ1) is 11.8. The summed E-state index contributed by atoms with van der Waals surface area (Å²) < 4.78 is 27.7. The molecule has 7 nitrogen and oxygen atoms in total. The fourth-order valence-electron chi connectivity index (χ4n) is 2.31. The Labute approximate surface area is 147 Å². The van der Waals surface area contributed by atoms with E-state index in [0.717, 1.165) is 11.3 Å². The van der Waals surface area contributed by atoms with Gasteiger partial charge in [0.05, 0.1) is 23.7 Å². The van der Waals surface area contributed by atoms with E-state index in [4.69, 9.17) is 9.56 Å². The molecule has 136 valence electrons. The Kier molecular flexibility index (Phi) is 6.35. The van der Waals surface area contributed by atoms with Gasteiger partial charge in [0, 0.05) is 6.54 Å². The van der Waals surface area contributed by atoms with Crippen molar-refractivity contribution in [3.63, 3.8) is 0 Å². The maximum Gasteiger partial charge on any atom is 0.238 e. The third-order valence-electron chi connectivity index (χ3n) is 3.99. The minimum atomic E-state index is -3.68. The summed E-state index contributed by atoms with van der Waals surface area (Å²) in [5.41, 5.74) is 0.921. The number of sulfonamides is 1. The first-order valence-corrected chi connectivity index (χ1v) is 9.44. The van der Waals surface area contributed by atoms with E-state index in [1.807, 2.05) is 31.0 Å². The van der Waals surface area contributed by atoms with Crippen LogP contribution in [-0.4, -0.2) is 38.9 Å². The van der Waals surface area contributed by atoms with Crippen LogP contribution in [0.1, 0.15) is 18.2 Å². The van der Waals surface area contributed by atoms with Crippen LogP contribution >= 0.6 is 0 Å². The van der Waals surface area contributed by atoms with Gasteiger partial charge in [-0.25, -0.2) is 13.6 Å². The van der Waals surface area contributed by atoms with Crippen molar-refractivity contribution in [1.29, 1.82) is 0 Å². The highest BCUT2D eigenvalue weighted by molar-refractivity contribution is 7.89. The Balaban J connectivity index is 1.79. The number of benzene rings is 1. The van der Waals surface area contributed by atoms with Gasteiger partial charge >= 0.3 is 0 Å². The SMILES string of the molecule is CC(C(=O)NCCc1ccc(S(N)(=O)=O)cc1)N(C)Cc1ccco1. The summed E-state index contributed by atoms with van der Waals surface area (Å²) in [6.45, 7) is 2.85. The van der Waals surface area contributed by atoms with Crippen molar-refractivity contribution in [2.75, 3.05) is 13.6 Å². The number of likely N-dealkylation sites (N-methyl/N-ethyl adjacent to an activating group) is 1. The number of furan rings is 1. The molecule has 8 heteroatoms. The second-order valence-corrected chi connectivity index (χ2v) is 7.46. The van der Waals surface area contributed by atoms with Crippen molar-refractivity contribution in [2.24, 2.45) is 5.14 Å². The Morgan fingerprint density at radius 1 is 1.28 bits per heavy atom. The quantitative estimate of drug-likeness (QED) is 0.729. The molecule has 1 aromatic carbocycles. The van der Waals surface area contributed by atoms with Gasteiger partial charge < -0.3 is 9.73 Å². The minimum Gasteiger partial charge on any atom is -0.468 e. The van der Waals surface area contributed by atoms with Crippen LogP contribution in [0.5, 0.6) is 0 Å². The topological polar surface area (TPSA) is 106 Å². The van der Waals surface area contributed by atoms with E-state index in [0.29, 0.717) is 19.5 Å². The highest BCUT2D eigenvalue weighted by Crippen LogP contribution is 2.09. The molecule has 1 heterocycles. The molecule has 1 amide bonds. The van der Waals surface area contributed by atoms with Crippen molar-refractivity contribution in [2.45, 2.75) is 30.8 Å². The Morgan fingerprint density at radius 2 is 1.96 bits per heavy atom. The molecule has 0 bridgehead atoms. The number of amides is 1. The molecule has 0 aliphatic heterocycles. The normalized spacial score (nSPS) is 13.0. The summed E-state index contributed by atoms with van der Waals surface area (Å²) in [7, 11) is -1.82. The number of carbonyl (C=O) groups excluding carboxylic acids is 1. The Morgan fingerprint density at radius 3 is 2.52 bits per heavy atom. The van der Waals surface area contributed by atoms with Crippen LogP contribution in [0.15, 0.2) is 52.0 Å². The first-order valence-electron chi connectivity index (χ1n) is 7.89. The van der Waals surface area contributed by atoms with E-state index in [9.17, 15) is 13.2 Å². The molecule has 0 saturated carbocycles. The number of carbonyl (C=O) groups is 1. The monoisotopic (exact) mass is 365 g/mol. The number of nitrogens with two attached hydrogens (primary N) is 1. The van der Waals surface area contributed by atoms with Gasteiger partial charge in [-0.05, 0) is 50.2 Å². The Hall–Kier alpha value is -2.16. The van der Waals surface area contributed by atoms with E-state index in [-0.39, 0.29) is 16.8 Å². The van der Waals surface area contributed by atoms with Crippen LogP contribution < -0.4 is 10.5 Å². The molecule has 0 radical (unpaired) electrons. The third-order valence-corrected chi connectivity index (χ3v) is 4.92. The van der Waals surface area contributed by atoms with Crippen molar-refractivity contribution in [3.05, 3.63) is 54.0 Å². The predicted octanol–water partition coefficient (Wildman–Crippen LogP) is 1.11. The molecule has 1 atom stereocenters. The lowest BCUT2D eigenvalue weighted by molar-refractivity contribution is -0.125. The summed E-state index contributed by atoms with van der Waals surface area (Å²) in [5.74, 6) is 0.729. The summed E-state index contributed by atoms with van der Waals surface area (Å²) in [6, 6.07) is 9.70. The lowest BCUT2D eigenvalue weighted by Crippen LogP contribution is -2.43. The summed E-state index contributed by atoms with van der Waals surface area (Å²) in [5, 5.41) is 7.94. The molecule has 1 unspecified atom stereocenters. The van der Waals surface area contributed by atoms with Gasteiger partial charge in [-0.1, -0.05) is 12.1 Å². The van der Waals surface area contributed by atoms with Crippen molar-refractivity contribution in [3.8, 4) is 0 Å². The van der Waals surface area contributed by atoms with E-state index in [1.54, 1.807) is 18.4 Å². The van der Waals surface area contributed by atoms with Crippen molar-refractivity contribution >= 4 is 15.9 Å². The predicted molar refractivity (Wildman–Crippen MR) is 94.2 cm³/mol. The first kappa shape index (κ1) is 19.2. The zero-order valence-electron chi connectivity index (χ0n) is 14.3. The van der Waals surface area contributed by atoms with Crippen LogP contribution in [0.25, 0.3) is 0 Å². The maximum atomic E-state index is 12.2. The van der Waals surface area contributed by atoms with Gasteiger partial charge in [0.1, 0.15) is 5.76 Å². The van der Waals surface area contributed by atoms with E-state index >= 15 is 0 Å². The fourth-order valence-corrected chi connectivity index (χ4v) is 2.82. The maximum absolute atomic E-state index is 12.2. The average molecular weight is 365 g/mol. The van der Waals surface area contributed by atoms with E-state index in [2.05, 4.69) is 5.32 Å². The van der Waals surface area contributed by atoms with Crippen LogP contribution in [0.3, 0.4) is 0 Å². The van der Waals surface area contributed by atoms with Crippen LogP contribution in [0.4, 0.5) is 0 Å². The van der Waals surface area contributed by atoms with Crippen molar-refractivity contribution < 1.29 is 17.6 Å². The highest BCUT2D eigenvalue weighted by atomic mass is 32.2. The largest absolute Gasteiger partial charge is 0.468 e. The molecule has 0 aliphatic rings. The summed E-state index contributed by atoms with van der Waals surface area (Å²) >= 11 is 0. The molecule has 25 heavy (non-hydrogen) atoms. The lowest BCUT2D eigenvalue weighted by Gasteiger charge is -2.22. The van der Waals surface area contributed by atoms with Crippen molar-refractivity contribution in [1.82, 2.24) is 10.2 Å². The molecule has 0 spiro atoms. The molecule has 3 N–H and O–H groups in total. The fraction of sp³-hybridized carbons (Fsp3) is 0.353. The van der Waals surface area contributed by atoms with E-state index in [1.165, 1.54) is 12.1 Å².